The molecule has 0 fully saturated rings. The average Bonchev–Trinajstić information content (AvgIpc) is 2.21. The Morgan fingerprint density at radius 2 is 2.06 bits per heavy atom. The van der Waals surface area contributed by atoms with Crippen LogP contribution in [0.15, 0.2) is 23.8 Å². The van der Waals surface area contributed by atoms with Gasteiger partial charge < -0.3 is 0 Å². The number of sulfonamides is 1. The van der Waals surface area contributed by atoms with Gasteiger partial charge in [-0.25, -0.2) is 12.7 Å². The molecule has 5 heteroatoms. The van der Waals surface area contributed by atoms with E-state index in [2.05, 4.69) is 0 Å². The molecule has 0 saturated carbocycles. The molecule has 0 amide bonds. The lowest BCUT2D eigenvalue weighted by atomic mass is 9.84. The van der Waals surface area contributed by atoms with Gasteiger partial charge in [-0.3, -0.25) is 0 Å². The normalized spacial score (nSPS) is 30.0. The van der Waals surface area contributed by atoms with Crippen molar-refractivity contribution in [2.24, 2.45) is 5.92 Å². The average molecular weight is 240 g/mol. The maximum Gasteiger partial charge on any atom is 0.223 e. The second kappa shape index (κ2) is 4.04. The molecular formula is C11H16N2O2S. The Balaban J connectivity index is 3.31. The van der Waals surface area contributed by atoms with Gasteiger partial charge in [0.05, 0.1) is 6.07 Å². The van der Waals surface area contributed by atoms with Gasteiger partial charge in [-0.1, -0.05) is 19.1 Å². The van der Waals surface area contributed by atoms with Crippen molar-refractivity contribution in [3.05, 3.63) is 23.8 Å². The van der Waals surface area contributed by atoms with Crippen molar-refractivity contribution in [2.45, 2.75) is 18.6 Å². The van der Waals surface area contributed by atoms with E-state index in [1.54, 1.807) is 32.1 Å². The van der Waals surface area contributed by atoms with E-state index in [9.17, 15) is 8.42 Å². The van der Waals surface area contributed by atoms with Crippen LogP contribution >= 0.6 is 0 Å². The fourth-order valence-corrected chi connectivity index (χ4v) is 3.39. The minimum absolute atomic E-state index is 0.338. The maximum atomic E-state index is 12.2. The zero-order chi connectivity index (χ0) is 12.6. The van der Waals surface area contributed by atoms with Crippen molar-refractivity contribution in [3.63, 3.8) is 0 Å². The zero-order valence-electron chi connectivity index (χ0n) is 9.93. The summed E-state index contributed by atoms with van der Waals surface area (Å²) in [5.74, 6) is -0.338. The molecule has 2 unspecified atom stereocenters. The van der Waals surface area contributed by atoms with Gasteiger partial charge in [0.15, 0.2) is 0 Å². The van der Waals surface area contributed by atoms with Gasteiger partial charge in [0.2, 0.25) is 10.0 Å². The molecule has 0 aromatic heterocycles. The lowest BCUT2D eigenvalue weighted by Gasteiger charge is -2.36. The largest absolute Gasteiger partial charge is 0.223 e. The Labute approximate surface area is 96.9 Å². The van der Waals surface area contributed by atoms with Crippen LogP contribution in [-0.2, 0) is 10.0 Å². The highest BCUT2D eigenvalue weighted by Crippen LogP contribution is 2.36. The van der Waals surface area contributed by atoms with E-state index in [1.165, 1.54) is 18.4 Å². The molecule has 0 spiro atoms. The maximum absolute atomic E-state index is 12.2. The molecule has 0 aliphatic heterocycles. The summed E-state index contributed by atoms with van der Waals surface area (Å²) in [6, 6.07) is 2.05. The SMILES string of the molecule is CC1C(C#N)=CC=CC1(C)S(=O)(=O)N(C)C. The van der Waals surface area contributed by atoms with Gasteiger partial charge in [0, 0.05) is 25.6 Å². The summed E-state index contributed by atoms with van der Waals surface area (Å²) in [4.78, 5) is 0. The topological polar surface area (TPSA) is 61.2 Å². The number of hydrogen-bond donors (Lipinski definition) is 0. The predicted molar refractivity (Wildman–Crippen MR) is 63.0 cm³/mol. The molecule has 1 aliphatic rings. The second-order valence-corrected chi connectivity index (χ2v) is 6.85. The third-order valence-corrected chi connectivity index (χ3v) is 5.76. The minimum Gasteiger partial charge on any atom is -0.211 e. The summed E-state index contributed by atoms with van der Waals surface area (Å²) < 4.78 is 24.6. The highest BCUT2D eigenvalue weighted by atomic mass is 32.2. The Hall–Kier alpha value is -1.12. The lowest BCUT2D eigenvalue weighted by molar-refractivity contribution is 0.453. The molecule has 0 aromatic carbocycles. The summed E-state index contributed by atoms with van der Waals surface area (Å²) in [5, 5.41) is 8.94. The van der Waals surface area contributed by atoms with Crippen LogP contribution in [0, 0.1) is 17.2 Å². The molecular weight excluding hydrogens is 224 g/mol. The quantitative estimate of drug-likeness (QED) is 0.730. The van der Waals surface area contributed by atoms with E-state index in [4.69, 9.17) is 5.26 Å². The summed E-state index contributed by atoms with van der Waals surface area (Å²) in [6.45, 7) is 3.41. The van der Waals surface area contributed by atoms with Gasteiger partial charge in [-0.15, -0.1) is 0 Å². The molecule has 0 N–H and O–H groups in total. The Kier molecular flexibility index (Phi) is 3.27. The van der Waals surface area contributed by atoms with Gasteiger partial charge >= 0.3 is 0 Å². The van der Waals surface area contributed by atoms with E-state index in [1.807, 2.05) is 6.07 Å². The molecule has 0 radical (unpaired) electrons. The number of hydrogen-bond acceptors (Lipinski definition) is 3. The van der Waals surface area contributed by atoms with E-state index >= 15 is 0 Å². The third-order valence-electron chi connectivity index (χ3n) is 3.19. The van der Waals surface area contributed by atoms with Gasteiger partial charge in [0.1, 0.15) is 4.75 Å². The Morgan fingerprint density at radius 3 is 2.50 bits per heavy atom. The number of nitrogens with zero attached hydrogens (tertiary/aromatic N) is 2. The highest BCUT2D eigenvalue weighted by Gasteiger charge is 2.45. The van der Waals surface area contributed by atoms with Crippen molar-refractivity contribution in [2.75, 3.05) is 14.1 Å². The smallest absolute Gasteiger partial charge is 0.211 e. The zero-order valence-corrected chi connectivity index (χ0v) is 10.7. The van der Waals surface area contributed by atoms with Crippen molar-refractivity contribution >= 4 is 10.0 Å². The van der Waals surface area contributed by atoms with Crippen molar-refractivity contribution in [1.29, 1.82) is 5.26 Å². The molecule has 0 heterocycles. The lowest BCUT2D eigenvalue weighted by Crippen LogP contribution is -2.47. The number of rotatable bonds is 2. The molecule has 0 aromatic rings. The Morgan fingerprint density at radius 1 is 1.50 bits per heavy atom. The van der Waals surface area contributed by atoms with Crippen LogP contribution in [0.5, 0.6) is 0 Å². The van der Waals surface area contributed by atoms with Crippen LogP contribution in [0.2, 0.25) is 0 Å². The number of nitriles is 1. The summed E-state index contributed by atoms with van der Waals surface area (Å²) in [7, 11) is -0.426. The van der Waals surface area contributed by atoms with Crippen LogP contribution in [0.4, 0.5) is 0 Å². The predicted octanol–water partition coefficient (Wildman–Crippen LogP) is 1.29. The van der Waals surface area contributed by atoms with Crippen molar-refractivity contribution < 1.29 is 8.42 Å². The minimum atomic E-state index is -3.44. The molecule has 1 rings (SSSR count). The standard InChI is InChI=1S/C11H16N2O2S/c1-9-10(8-12)6-5-7-11(9,2)16(14,15)13(3)4/h5-7,9H,1-4H3. The van der Waals surface area contributed by atoms with E-state index < -0.39 is 14.8 Å². The van der Waals surface area contributed by atoms with Gasteiger partial charge in [-0.2, -0.15) is 5.26 Å². The fraction of sp³-hybridized carbons (Fsp3) is 0.545. The first-order valence-electron chi connectivity index (χ1n) is 4.99. The first-order valence-corrected chi connectivity index (χ1v) is 6.43. The van der Waals surface area contributed by atoms with Crippen molar-refractivity contribution in [3.8, 4) is 6.07 Å². The summed E-state index contributed by atoms with van der Waals surface area (Å²) in [5.41, 5.74) is 0.496. The van der Waals surface area contributed by atoms with Gasteiger partial charge in [-0.05, 0) is 13.0 Å². The van der Waals surface area contributed by atoms with E-state index in [0.29, 0.717) is 5.57 Å². The molecule has 0 saturated heterocycles. The van der Waals surface area contributed by atoms with Crippen LogP contribution in [-0.4, -0.2) is 31.6 Å². The van der Waals surface area contributed by atoms with Crippen LogP contribution in [0.3, 0.4) is 0 Å². The van der Waals surface area contributed by atoms with E-state index in [0.717, 1.165) is 0 Å². The molecule has 2 atom stereocenters. The first kappa shape index (κ1) is 12.9. The second-order valence-electron chi connectivity index (χ2n) is 4.29. The molecule has 16 heavy (non-hydrogen) atoms. The van der Waals surface area contributed by atoms with Crippen LogP contribution < -0.4 is 0 Å². The van der Waals surface area contributed by atoms with Crippen molar-refractivity contribution in [1.82, 2.24) is 4.31 Å². The molecule has 1 aliphatic carbocycles. The monoisotopic (exact) mass is 240 g/mol. The summed E-state index contributed by atoms with van der Waals surface area (Å²) in [6.07, 6.45) is 4.95. The highest BCUT2D eigenvalue weighted by molar-refractivity contribution is 7.90. The summed E-state index contributed by atoms with van der Waals surface area (Å²) >= 11 is 0. The third kappa shape index (κ3) is 1.68. The van der Waals surface area contributed by atoms with Crippen LogP contribution in [0.1, 0.15) is 13.8 Å². The molecule has 88 valence electrons. The Bertz CT molecular complexity index is 483. The van der Waals surface area contributed by atoms with Crippen LogP contribution in [0.25, 0.3) is 0 Å². The van der Waals surface area contributed by atoms with E-state index in [-0.39, 0.29) is 5.92 Å². The number of allylic oxidation sites excluding steroid dienone is 3. The molecule has 4 nitrogen and oxygen atoms in total. The fourth-order valence-electron chi connectivity index (χ4n) is 1.78. The van der Waals surface area contributed by atoms with Gasteiger partial charge in [0.25, 0.3) is 0 Å². The molecule has 0 bridgehead atoms. The first-order chi connectivity index (χ1) is 7.27.